The van der Waals surface area contributed by atoms with E-state index in [4.69, 9.17) is 0 Å². The summed E-state index contributed by atoms with van der Waals surface area (Å²) in [6.07, 6.45) is -9.93. The van der Waals surface area contributed by atoms with Gasteiger partial charge in [-0.3, -0.25) is 9.69 Å². The van der Waals surface area contributed by atoms with Crippen LogP contribution in [0.1, 0.15) is 35.3 Å². The third-order valence-electron chi connectivity index (χ3n) is 4.12. The minimum Gasteiger partial charge on any atom is -0.336 e. The Morgan fingerprint density at radius 1 is 0.923 bits per heavy atom. The highest BCUT2D eigenvalue weighted by Crippen LogP contribution is 2.36. The van der Waals surface area contributed by atoms with Crippen LogP contribution in [-0.2, 0) is 12.4 Å². The van der Waals surface area contributed by atoms with Crippen LogP contribution in [0.25, 0.3) is 0 Å². The van der Waals surface area contributed by atoms with Crippen LogP contribution >= 0.6 is 0 Å². The lowest BCUT2D eigenvalue weighted by molar-refractivity contribution is -0.143. The van der Waals surface area contributed by atoms with Crippen molar-refractivity contribution in [3.8, 4) is 0 Å². The standard InChI is InChI=1S/C17H20F6N2O/c1-11(2)10-24-3-5-25(6-4-24)15(26)12-7-13(16(18,19)20)9-14(8-12)17(21,22)23/h7-9,11H,3-6,10H2,1-2H3. The molecular formula is C17H20F6N2O. The van der Waals surface area contributed by atoms with Gasteiger partial charge in [0.25, 0.3) is 5.91 Å². The predicted molar refractivity (Wildman–Crippen MR) is 83.6 cm³/mol. The molecule has 0 N–H and O–H groups in total. The molecule has 1 aromatic carbocycles. The molecule has 1 fully saturated rings. The van der Waals surface area contributed by atoms with E-state index in [1.807, 2.05) is 13.8 Å². The van der Waals surface area contributed by atoms with Crippen molar-refractivity contribution >= 4 is 5.91 Å². The van der Waals surface area contributed by atoms with E-state index in [0.29, 0.717) is 31.1 Å². The summed E-state index contributed by atoms with van der Waals surface area (Å²) in [5.41, 5.74) is -3.55. The zero-order valence-corrected chi connectivity index (χ0v) is 14.4. The summed E-state index contributed by atoms with van der Waals surface area (Å²) in [5.74, 6) is -0.388. The van der Waals surface area contributed by atoms with Crippen molar-refractivity contribution in [2.45, 2.75) is 26.2 Å². The Morgan fingerprint density at radius 2 is 1.38 bits per heavy atom. The van der Waals surface area contributed by atoms with Gasteiger partial charge in [0.15, 0.2) is 0 Å². The molecule has 1 saturated heterocycles. The molecule has 3 nitrogen and oxygen atoms in total. The number of benzene rings is 1. The molecule has 1 aromatic rings. The number of carbonyl (C=O) groups excluding carboxylic acids is 1. The molecule has 0 radical (unpaired) electrons. The van der Waals surface area contributed by atoms with Crippen molar-refractivity contribution in [1.82, 2.24) is 9.80 Å². The average Bonchev–Trinajstić information content (AvgIpc) is 2.52. The van der Waals surface area contributed by atoms with Gasteiger partial charge < -0.3 is 4.90 Å². The fourth-order valence-electron chi connectivity index (χ4n) is 2.91. The summed E-state index contributed by atoms with van der Waals surface area (Å²) in [6, 6.07) is 0.994. The van der Waals surface area contributed by atoms with E-state index in [0.717, 1.165) is 6.54 Å². The largest absolute Gasteiger partial charge is 0.416 e. The molecule has 26 heavy (non-hydrogen) atoms. The molecular weight excluding hydrogens is 362 g/mol. The van der Waals surface area contributed by atoms with Crippen molar-refractivity contribution < 1.29 is 31.1 Å². The van der Waals surface area contributed by atoms with Crippen LogP contribution in [0.15, 0.2) is 18.2 Å². The molecule has 0 aliphatic carbocycles. The number of hydrogen-bond donors (Lipinski definition) is 0. The predicted octanol–water partition coefficient (Wildman–Crippen LogP) is 4.14. The average molecular weight is 382 g/mol. The maximum absolute atomic E-state index is 12.9. The van der Waals surface area contributed by atoms with Gasteiger partial charge in [0, 0.05) is 38.3 Å². The number of hydrogen-bond acceptors (Lipinski definition) is 2. The Hall–Kier alpha value is -1.77. The highest BCUT2D eigenvalue weighted by atomic mass is 19.4. The first-order valence-corrected chi connectivity index (χ1v) is 8.19. The fourth-order valence-corrected chi connectivity index (χ4v) is 2.91. The van der Waals surface area contributed by atoms with E-state index >= 15 is 0 Å². The molecule has 146 valence electrons. The number of carbonyl (C=O) groups is 1. The van der Waals surface area contributed by atoms with Gasteiger partial charge in [-0.05, 0) is 24.1 Å². The molecule has 9 heteroatoms. The third-order valence-corrected chi connectivity index (χ3v) is 4.12. The highest BCUT2D eigenvalue weighted by Gasteiger charge is 2.38. The normalized spacial score (nSPS) is 17.0. The monoisotopic (exact) mass is 382 g/mol. The van der Waals surface area contributed by atoms with E-state index in [-0.39, 0.29) is 19.2 Å². The summed E-state index contributed by atoms with van der Waals surface area (Å²) in [5, 5.41) is 0. The second kappa shape index (κ2) is 7.46. The molecule has 0 aromatic heterocycles. The molecule has 0 bridgehead atoms. The first kappa shape index (κ1) is 20.5. The molecule has 1 amide bonds. The van der Waals surface area contributed by atoms with Crippen molar-refractivity contribution in [3.63, 3.8) is 0 Å². The zero-order valence-electron chi connectivity index (χ0n) is 14.4. The van der Waals surface area contributed by atoms with Crippen LogP contribution in [-0.4, -0.2) is 48.4 Å². The first-order valence-electron chi connectivity index (χ1n) is 8.19. The number of halogens is 6. The Labute approximate surface area is 147 Å². The quantitative estimate of drug-likeness (QED) is 0.734. The highest BCUT2D eigenvalue weighted by molar-refractivity contribution is 5.94. The van der Waals surface area contributed by atoms with Crippen molar-refractivity contribution in [1.29, 1.82) is 0 Å². The van der Waals surface area contributed by atoms with E-state index in [9.17, 15) is 31.1 Å². The molecule has 0 atom stereocenters. The van der Waals surface area contributed by atoms with E-state index in [2.05, 4.69) is 4.90 Å². The van der Waals surface area contributed by atoms with Crippen LogP contribution in [0.2, 0.25) is 0 Å². The molecule has 1 aliphatic rings. The van der Waals surface area contributed by atoms with Gasteiger partial charge in [0.05, 0.1) is 11.1 Å². The Balaban J connectivity index is 2.23. The minimum atomic E-state index is -4.97. The number of rotatable bonds is 3. The molecule has 1 aliphatic heterocycles. The number of amides is 1. The van der Waals surface area contributed by atoms with Crippen molar-refractivity contribution in [2.24, 2.45) is 5.92 Å². The molecule has 1 heterocycles. The lowest BCUT2D eigenvalue weighted by Crippen LogP contribution is -2.49. The van der Waals surface area contributed by atoms with E-state index in [1.165, 1.54) is 4.90 Å². The van der Waals surface area contributed by atoms with Gasteiger partial charge in [0.2, 0.25) is 0 Å². The molecule has 0 spiro atoms. The van der Waals surface area contributed by atoms with E-state index < -0.39 is 35.0 Å². The summed E-state index contributed by atoms with van der Waals surface area (Å²) in [4.78, 5) is 15.9. The van der Waals surface area contributed by atoms with Crippen LogP contribution in [0.3, 0.4) is 0 Å². The molecule has 0 saturated carbocycles. The van der Waals surface area contributed by atoms with Gasteiger partial charge in [-0.2, -0.15) is 26.3 Å². The summed E-state index contributed by atoms with van der Waals surface area (Å²) in [6.45, 7) is 6.51. The van der Waals surface area contributed by atoms with Crippen LogP contribution in [0.4, 0.5) is 26.3 Å². The van der Waals surface area contributed by atoms with Gasteiger partial charge in [-0.15, -0.1) is 0 Å². The Kier molecular flexibility index (Phi) is 5.89. The van der Waals surface area contributed by atoms with Crippen LogP contribution in [0.5, 0.6) is 0 Å². The maximum atomic E-state index is 12.9. The minimum absolute atomic E-state index is 0.0252. The first-order chi connectivity index (χ1) is 11.9. The second-order valence-electron chi connectivity index (χ2n) is 6.78. The topological polar surface area (TPSA) is 23.6 Å². The number of piperazine rings is 1. The zero-order chi connectivity index (χ0) is 19.7. The summed E-state index contributed by atoms with van der Waals surface area (Å²) in [7, 11) is 0. The van der Waals surface area contributed by atoms with E-state index in [1.54, 1.807) is 0 Å². The second-order valence-corrected chi connectivity index (χ2v) is 6.78. The maximum Gasteiger partial charge on any atom is 0.416 e. The summed E-state index contributed by atoms with van der Waals surface area (Å²) < 4.78 is 77.5. The van der Waals surface area contributed by atoms with Gasteiger partial charge in [-0.25, -0.2) is 0 Å². The third kappa shape index (κ3) is 5.12. The Morgan fingerprint density at radius 3 is 1.77 bits per heavy atom. The lowest BCUT2D eigenvalue weighted by Gasteiger charge is -2.35. The SMILES string of the molecule is CC(C)CN1CCN(C(=O)c2cc(C(F)(F)F)cc(C(F)(F)F)c2)CC1. The van der Waals surface area contributed by atoms with Crippen LogP contribution < -0.4 is 0 Å². The van der Waals surface area contributed by atoms with Gasteiger partial charge >= 0.3 is 12.4 Å². The van der Waals surface area contributed by atoms with Gasteiger partial charge in [-0.1, -0.05) is 13.8 Å². The molecule has 0 unspecified atom stereocenters. The fraction of sp³-hybridized carbons (Fsp3) is 0.588. The van der Waals surface area contributed by atoms with Crippen LogP contribution in [0, 0.1) is 5.92 Å². The van der Waals surface area contributed by atoms with Crippen molar-refractivity contribution in [2.75, 3.05) is 32.7 Å². The van der Waals surface area contributed by atoms with Gasteiger partial charge in [0.1, 0.15) is 0 Å². The Bertz CT molecular complexity index is 613. The molecule has 2 rings (SSSR count). The smallest absolute Gasteiger partial charge is 0.336 e. The summed E-state index contributed by atoms with van der Waals surface area (Å²) >= 11 is 0. The number of nitrogens with zero attached hydrogens (tertiary/aromatic N) is 2. The number of alkyl halides is 6. The lowest BCUT2D eigenvalue weighted by atomic mass is 10.0. The van der Waals surface area contributed by atoms with Crippen molar-refractivity contribution in [3.05, 3.63) is 34.9 Å².